The van der Waals surface area contributed by atoms with E-state index in [2.05, 4.69) is 15.3 Å². The number of para-hydroxylation sites is 1. The predicted molar refractivity (Wildman–Crippen MR) is 92.6 cm³/mol. The molecule has 3 aromatic rings. The second-order valence-corrected chi connectivity index (χ2v) is 5.74. The Labute approximate surface area is 145 Å². The van der Waals surface area contributed by atoms with Gasteiger partial charge in [-0.15, -0.1) is 0 Å². The van der Waals surface area contributed by atoms with Gasteiger partial charge in [0, 0.05) is 18.3 Å². The van der Waals surface area contributed by atoms with Crippen LogP contribution >= 0.6 is 0 Å². The third-order valence-electron chi connectivity index (χ3n) is 3.85. The Kier molecular flexibility index (Phi) is 4.79. The van der Waals surface area contributed by atoms with E-state index in [0.717, 1.165) is 22.4 Å². The van der Waals surface area contributed by atoms with Crippen molar-refractivity contribution in [2.45, 2.75) is 27.3 Å². The number of nitrogens with one attached hydrogen (secondary N) is 1. The summed E-state index contributed by atoms with van der Waals surface area (Å²) in [4.78, 5) is 20.4. The van der Waals surface area contributed by atoms with E-state index in [1.807, 2.05) is 38.1 Å². The number of ether oxygens (including phenoxy) is 1. The molecule has 0 saturated carbocycles. The highest BCUT2D eigenvalue weighted by Gasteiger charge is 2.15. The lowest BCUT2D eigenvalue weighted by atomic mass is 10.1. The van der Waals surface area contributed by atoms with Crippen molar-refractivity contribution in [3.05, 3.63) is 71.1 Å². The molecule has 0 fully saturated rings. The van der Waals surface area contributed by atoms with Gasteiger partial charge in [-0.2, -0.15) is 0 Å². The predicted octanol–water partition coefficient (Wildman–Crippen LogP) is 3.72. The fourth-order valence-electron chi connectivity index (χ4n) is 2.48. The lowest BCUT2D eigenvalue weighted by molar-refractivity contribution is 0.0922. The van der Waals surface area contributed by atoms with Gasteiger partial charge in [0.25, 0.3) is 5.91 Å². The topological polar surface area (TPSA) is 77.2 Å². The molecule has 6 heteroatoms. The minimum atomic E-state index is -0.322. The summed E-state index contributed by atoms with van der Waals surface area (Å²) >= 11 is 0. The summed E-state index contributed by atoms with van der Waals surface area (Å²) in [6.45, 7) is 5.96. The molecule has 0 bridgehead atoms. The Hall–Kier alpha value is -3.15. The molecule has 2 aromatic heterocycles. The molecular formula is C19H19N3O3. The highest BCUT2D eigenvalue weighted by Crippen LogP contribution is 2.29. The molecule has 0 spiro atoms. The van der Waals surface area contributed by atoms with Crippen molar-refractivity contribution in [2.24, 2.45) is 0 Å². The second kappa shape index (κ2) is 7.17. The maximum atomic E-state index is 12.2. The number of pyridine rings is 1. The normalized spacial score (nSPS) is 10.5. The molecule has 0 aliphatic carbocycles. The number of nitrogens with zero attached hydrogens (tertiary/aromatic N) is 2. The van der Waals surface area contributed by atoms with Gasteiger partial charge in [-0.05, 0) is 38.0 Å². The van der Waals surface area contributed by atoms with Gasteiger partial charge in [0.2, 0.25) is 11.6 Å². The van der Waals surface area contributed by atoms with Crippen molar-refractivity contribution in [3.8, 4) is 11.6 Å². The molecular weight excluding hydrogens is 318 g/mol. The molecule has 0 aliphatic heterocycles. The van der Waals surface area contributed by atoms with E-state index in [0.29, 0.717) is 11.6 Å². The van der Waals surface area contributed by atoms with Gasteiger partial charge in [-0.25, -0.2) is 9.97 Å². The molecule has 0 aliphatic rings. The van der Waals surface area contributed by atoms with E-state index in [4.69, 9.17) is 9.15 Å². The van der Waals surface area contributed by atoms with E-state index in [-0.39, 0.29) is 18.2 Å². The minimum Gasteiger partial charge on any atom is -0.438 e. The van der Waals surface area contributed by atoms with Crippen LogP contribution in [0.4, 0.5) is 0 Å². The van der Waals surface area contributed by atoms with Crippen molar-refractivity contribution in [3.63, 3.8) is 0 Å². The van der Waals surface area contributed by atoms with Gasteiger partial charge in [0.15, 0.2) is 6.39 Å². The zero-order valence-electron chi connectivity index (χ0n) is 14.4. The first-order valence-electron chi connectivity index (χ1n) is 7.92. The smallest absolute Gasteiger partial charge is 0.289 e. The Bertz CT molecular complexity index is 882. The Morgan fingerprint density at radius 1 is 1.12 bits per heavy atom. The maximum Gasteiger partial charge on any atom is 0.289 e. The largest absolute Gasteiger partial charge is 0.438 e. The van der Waals surface area contributed by atoms with Gasteiger partial charge in [-0.3, -0.25) is 4.79 Å². The molecule has 0 saturated heterocycles. The Balaban J connectivity index is 1.77. The highest BCUT2D eigenvalue weighted by atomic mass is 16.5. The molecule has 1 aromatic carbocycles. The molecule has 3 rings (SSSR count). The number of hydrogen-bond donors (Lipinski definition) is 1. The molecule has 2 heterocycles. The van der Waals surface area contributed by atoms with Gasteiger partial charge in [-0.1, -0.05) is 24.3 Å². The summed E-state index contributed by atoms with van der Waals surface area (Å²) < 4.78 is 11.1. The summed E-state index contributed by atoms with van der Waals surface area (Å²) in [6, 6.07) is 9.62. The number of rotatable bonds is 5. The van der Waals surface area contributed by atoms with Crippen LogP contribution in [-0.4, -0.2) is 15.9 Å². The number of oxazole rings is 1. The van der Waals surface area contributed by atoms with E-state index in [9.17, 15) is 4.79 Å². The Morgan fingerprint density at radius 3 is 2.56 bits per heavy atom. The molecule has 0 atom stereocenters. The third kappa shape index (κ3) is 3.68. The number of carbonyl (C=O) groups is 1. The van der Waals surface area contributed by atoms with Crippen LogP contribution in [0.15, 0.2) is 47.3 Å². The average Bonchev–Trinajstić information content (AvgIpc) is 3.03. The molecule has 0 unspecified atom stereocenters. The zero-order chi connectivity index (χ0) is 17.8. The van der Waals surface area contributed by atoms with Gasteiger partial charge in [0.1, 0.15) is 5.75 Å². The molecule has 1 N–H and O–H groups in total. The number of aryl methyl sites for hydroxylation is 3. The van der Waals surface area contributed by atoms with E-state index < -0.39 is 0 Å². The van der Waals surface area contributed by atoms with E-state index in [1.54, 1.807) is 19.2 Å². The van der Waals surface area contributed by atoms with Gasteiger partial charge < -0.3 is 14.5 Å². The van der Waals surface area contributed by atoms with Crippen LogP contribution in [0.3, 0.4) is 0 Å². The standard InChI is InChI=1S/C19H19N3O3/c1-12-6-4-7-13(2)16(12)25-19-15(8-5-9-20-19)10-21-18(23)17-14(3)22-11-24-17/h4-9,11H,10H2,1-3H3,(H,21,23). The van der Waals surface area contributed by atoms with Crippen molar-refractivity contribution < 1.29 is 13.9 Å². The van der Waals surface area contributed by atoms with E-state index in [1.165, 1.54) is 6.39 Å². The number of benzene rings is 1. The van der Waals surface area contributed by atoms with Gasteiger partial charge >= 0.3 is 0 Å². The number of amides is 1. The summed E-state index contributed by atoms with van der Waals surface area (Å²) in [5.74, 6) is 1.13. The summed E-state index contributed by atoms with van der Waals surface area (Å²) in [7, 11) is 0. The molecule has 25 heavy (non-hydrogen) atoms. The molecule has 0 radical (unpaired) electrons. The summed E-state index contributed by atoms with van der Waals surface area (Å²) in [6.07, 6.45) is 2.92. The molecule has 6 nitrogen and oxygen atoms in total. The fourth-order valence-corrected chi connectivity index (χ4v) is 2.48. The van der Waals surface area contributed by atoms with Crippen molar-refractivity contribution in [2.75, 3.05) is 0 Å². The van der Waals surface area contributed by atoms with Crippen molar-refractivity contribution >= 4 is 5.91 Å². The van der Waals surface area contributed by atoms with Gasteiger partial charge in [0.05, 0.1) is 5.69 Å². The van der Waals surface area contributed by atoms with Crippen LogP contribution in [0.2, 0.25) is 0 Å². The summed E-state index contributed by atoms with van der Waals surface area (Å²) in [5, 5.41) is 2.80. The van der Waals surface area contributed by atoms with Crippen LogP contribution in [0.1, 0.15) is 32.9 Å². The minimum absolute atomic E-state index is 0.209. The number of aromatic nitrogens is 2. The zero-order valence-corrected chi connectivity index (χ0v) is 14.4. The summed E-state index contributed by atoms with van der Waals surface area (Å²) in [5.41, 5.74) is 3.38. The fraction of sp³-hybridized carbons (Fsp3) is 0.211. The second-order valence-electron chi connectivity index (χ2n) is 5.74. The lowest BCUT2D eigenvalue weighted by Crippen LogP contribution is -2.23. The quantitative estimate of drug-likeness (QED) is 0.768. The monoisotopic (exact) mass is 337 g/mol. The van der Waals surface area contributed by atoms with Crippen LogP contribution in [-0.2, 0) is 6.54 Å². The van der Waals surface area contributed by atoms with Crippen LogP contribution in [0.25, 0.3) is 0 Å². The van der Waals surface area contributed by atoms with E-state index >= 15 is 0 Å². The Morgan fingerprint density at radius 2 is 1.88 bits per heavy atom. The molecule has 1 amide bonds. The third-order valence-corrected chi connectivity index (χ3v) is 3.85. The van der Waals surface area contributed by atoms with Crippen LogP contribution in [0.5, 0.6) is 11.6 Å². The highest BCUT2D eigenvalue weighted by molar-refractivity contribution is 5.92. The number of carbonyl (C=O) groups excluding carboxylic acids is 1. The first-order chi connectivity index (χ1) is 12.1. The van der Waals surface area contributed by atoms with Crippen molar-refractivity contribution in [1.29, 1.82) is 0 Å². The average molecular weight is 337 g/mol. The number of hydrogen-bond acceptors (Lipinski definition) is 5. The SMILES string of the molecule is Cc1cccc(C)c1Oc1ncccc1CNC(=O)c1ocnc1C. The van der Waals surface area contributed by atoms with Crippen LogP contribution < -0.4 is 10.1 Å². The van der Waals surface area contributed by atoms with Crippen LogP contribution in [0, 0.1) is 20.8 Å². The lowest BCUT2D eigenvalue weighted by Gasteiger charge is -2.14. The van der Waals surface area contributed by atoms with Crippen molar-refractivity contribution in [1.82, 2.24) is 15.3 Å². The maximum absolute atomic E-state index is 12.2. The first-order valence-corrected chi connectivity index (χ1v) is 7.92. The molecule has 128 valence electrons. The first kappa shape index (κ1) is 16.7.